The van der Waals surface area contributed by atoms with Crippen molar-refractivity contribution in [2.45, 2.75) is 71.9 Å². The number of nitrogens with zero attached hydrogens (tertiary/aromatic N) is 3. The Kier molecular flexibility index (Phi) is 7.52. The molecule has 4 rings (SSSR count). The van der Waals surface area contributed by atoms with E-state index >= 15 is 0 Å². The number of hydrogen-bond donors (Lipinski definition) is 2. The second kappa shape index (κ2) is 10.2. The van der Waals surface area contributed by atoms with Gasteiger partial charge in [0.1, 0.15) is 18.3 Å². The third-order valence-corrected chi connectivity index (χ3v) is 7.39. The first-order valence-electron chi connectivity index (χ1n) is 11.8. The molecule has 0 spiro atoms. The van der Waals surface area contributed by atoms with Crippen molar-refractivity contribution in [1.29, 1.82) is 0 Å². The van der Waals surface area contributed by atoms with Gasteiger partial charge < -0.3 is 23.3 Å². The number of H-pyrrole nitrogens is 1. The molecule has 2 aliphatic rings. The molecule has 13 nitrogen and oxygen atoms in total. The molecule has 198 valence electrons. The number of carbonyl (C=O) groups excluding carboxylic acids is 1. The molecule has 2 saturated heterocycles. The highest BCUT2D eigenvalue weighted by molar-refractivity contribution is 7.57. The van der Waals surface area contributed by atoms with Crippen molar-refractivity contribution in [2.24, 2.45) is 5.92 Å². The molecule has 0 saturated carbocycles. The van der Waals surface area contributed by atoms with Crippen molar-refractivity contribution in [2.75, 3.05) is 18.5 Å². The maximum Gasteiger partial charge on any atom is 0.353 e. The summed E-state index contributed by atoms with van der Waals surface area (Å²) in [6, 6.07) is 0. The van der Waals surface area contributed by atoms with E-state index < -0.39 is 43.5 Å². The fourth-order valence-corrected chi connectivity index (χ4v) is 5.44. The Hall–Kier alpha value is -2.41. The molecular formula is C22H32N5O8P. The zero-order chi connectivity index (χ0) is 26.3. The third-order valence-electron chi connectivity index (χ3n) is 5.61. The lowest BCUT2D eigenvalue weighted by Crippen LogP contribution is -2.28. The summed E-state index contributed by atoms with van der Waals surface area (Å²) < 4.78 is 43.6. The SMILES string of the molecule is CCOP(=O)(/C=C/C1OC(n2cnc3c(=O)[nH]c(NC(=O)C(C)C)nc32)C2OC(C)(C)OC12)OCC. The Morgan fingerprint density at radius 2 is 1.94 bits per heavy atom. The van der Waals surface area contributed by atoms with Gasteiger partial charge in [0, 0.05) is 11.7 Å². The van der Waals surface area contributed by atoms with Crippen LogP contribution in [0.15, 0.2) is 23.0 Å². The van der Waals surface area contributed by atoms with Gasteiger partial charge in [-0.05, 0) is 33.8 Å². The fraction of sp³-hybridized carbons (Fsp3) is 0.636. The number of amides is 1. The van der Waals surface area contributed by atoms with Gasteiger partial charge in [0.05, 0.1) is 19.5 Å². The molecule has 14 heteroatoms. The Labute approximate surface area is 208 Å². The van der Waals surface area contributed by atoms with Crippen molar-refractivity contribution in [3.8, 4) is 0 Å². The molecule has 0 bridgehead atoms. The quantitative estimate of drug-likeness (QED) is 0.467. The summed E-state index contributed by atoms with van der Waals surface area (Å²) >= 11 is 0. The van der Waals surface area contributed by atoms with Gasteiger partial charge in [-0.25, -0.2) is 4.98 Å². The molecule has 36 heavy (non-hydrogen) atoms. The Morgan fingerprint density at radius 1 is 1.28 bits per heavy atom. The topological polar surface area (TPSA) is 156 Å². The number of anilines is 1. The van der Waals surface area contributed by atoms with E-state index in [9.17, 15) is 14.2 Å². The molecule has 1 amide bonds. The second-order valence-electron chi connectivity index (χ2n) is 9.16. The van der Waals surface area contributed by atoms with Crippen molar-refractivity contribution in [3.63, 3.8) is 0 Å². The van der Waals surface area contributed by atoms with Crippen LogP contribution in [0.5, 0.6) is 0 Å². The average Bonchev–Trinajstić information content (AvgIpc) is 3.43. The number of aromatic nitrogens is 4. The van der Waals surface area contributed by atoms with E-state index in [0.717, 1.165) is 0 Å². The summed E-state index contributed by atoms with van der Waals surface area (Å²) in [5, 5.41) is 2.60. The molecule has 2 aromatic heterocycles. The normalized spacial score (nSPS) is 25.8. The monoisotopic (exact) mass is 525 g/mol. The first kappa shape index (κ1) is 26.6. The summed E-state index contributed by atoms with van der Waals surface area (Å²) in [6.45, 7) is 10.9. The highest BCUT2D eigenvalue weighted by atomic mass is 31.2. The van der Waals surface area contributed by atoms with E-state index in [1.807, 2.05) is 0 Å². The summed E-state index contributed by atoms with van der Waals surface area (Å²) in [7, 11) is -3.47. The molecule has 0 aliphatic carbocycles. The molecule has 0 radical (unpaired) electrons. The van der Waals surface area contributed by atoms with Crippen molar-refractivity contribution < 1.29 is 32.6 Å². The minimum Gasteiger partial charge on any atom is -0.345 e. The van der Waals surface area contributed by atoms with E-state index in [-0.39, 0.29) is 42.2 Å². The van der Waals surface area contributed by atoms with Crippen LogP contribution in [0.3, 0.4) is 0 Å². The van der Waals surface area contributed by atoms with Crippen LogP contribution < -0.4 is 10.9 Å². The maximum atomic E-state index is 12.9. The number of nitrogens with one attached hydrogen (secondary N) is 2. The predicted molar refractivity (Wildman–Crippen MR) is 129 cm³/mol. The smallest absolute Gasteiger partial charge is 0.345 e. The lowest BCUT2D eigenvalue weighted by atomic mass is 10.1. The van der Waals surface area contributed by atoms with Gasteiger partial charge in [0.2, 0.25) is 11.9 Å². The largest absolute Gasteiger partial charge is 0.353 e. The minimum absolute atomic E-state index is 0.00256. The van der Waals surface area contributed by atoms with E-state index in [1.54, 1.807) is 52.2 Å². The number of ether oxygens (including phenoxy) is 3. The summed E-state index contributed by atoms with van der Waals surface area (Å²) in [5.74, 6) is -0.152. The fourth-order valence-electron chi connectivity index (χ4n) is 4.09. The van der Waals surface area contributed by atoms with Crippen LogP contribution in [0, 0.1) is 5.92 Å². The lowest BCUT2D eigenvalue weighted by Gasteiger charge is -2.24. The first-order valence-corrected chi connectivity index (χ1v) is 13.4. The van der Waals surface area contributed by atoms with Crippen LogP contribution in [0.2, 0.25) is 0 Å². The van der Waals surface area contributed by atoms with Crippen LogP contribution in [0.4, 0.5) is 5.95 Å². The molecule has 2 aliphatic heterocycles. The average molecular weight is 525 g/mol. The number of imidazole rings is 1. The zero-order valence-corrected chi connectivity index (χ0v) is 22.0. The number of carbonyl (C=O) groups is 1. The Bertz CT molecular complexity index is 1240. The molecule has 0 aromatic carbocycles. The van der Waals surface area contributed by atoms with Gasteiger partial charge in [0.25, 0.3) is 5.56 Å². The van der Waals surface area contributed by atoms with Gasteiger partial charge in [-0.2, -0.15) is 4.98 Å². The maximum absolute atomic E-state index is 12.9. The first-order chi connectivity index (χ1) is 17.0. The van der Waals surface area contributed by atoms with Crippen molar-refractivity contribution in [3.05, 3.63) is 28.6 Å². The molecular weight excluding hydrogens is 493 g/mol. The van der Waals surface area contributed by atoms with Crippen LogP contribution in [-0.4, -0.2) is 62.7 Å². The molecule has 4 heterocycles. The molecule has 2 aromatic rings. The molecule has 4 atom stereocenters. The van der Waals surface area contributed by atoms with E-state index in [4.69, 9.17) is 23.3 Å². The predicted octanol–water partition coefficient (Wildman–Crippen LogP) is 2.91. The minimum atomic E-state index is -3.47. The number of rotatable bonds is 9. The van der Waals surface area contributed by atoms with Crippen LogP contribution in [0.25, 0.3) is 11.2 Å². The number of aromatic amines is 1. The lowest BCUT2D eigenvalue weighted by molar-refractivity contribution is -0.191. The molecule has 2 N–H and O–H groups in total. The zero-order valence-electron chi connectivity index (χ0n) is 21.1. The van der Waals surface area contributed by atoms with Crippen LogP contribution >= 0.6 is 7.60 Å². The Balaban J connectivity index is 1.69. The highest BCUT2D eigenvalue weighted by Crippen LogP contribution is 2.51. The van der Waals surface area contributed by atoms with Gasteiger partial charge in [-0.3, -0.25) is 29.0 Å². The van der Waals surface area contributed by atoms with Crippen LogP contribution in [-0.2, 0) is 32.6 Å². The van der Waals surface area contributed by atoms with Crippen molar-refractivity contribution >= 4 is 30.6 Å². The van der Waals surface area contributed by atoms with Crippen LogP contribution in [0.1, 0.15) is 47.8 Å². The van der Waals surface area contributed by atoms with Gasteiger partial charge in [-0.1, -0.05) is 13.8 Å². The van der Waals surface area contributed by atoms with Gasteiger partial charge in [-0.15, -0.1) is 0 Å². The van der Waals surface area contributed by atoms with Crippen molar-refractivity contribution in [1.82, 2.24) is 19.5 Å². The van der Waals surface area contributed by atoms with Gasteiger partial charge in [0.15, 0.2) is 23.2 Å². The third kappa shape index (κ3) is 5.31. The van der Waals surface area contributed by atoms with Gasteiger partial charge >= 0.3 is 7.60 Å². The summed E-state index contributed by atoms with van der Waals surface area (Å²) in [6.07, 6.45) is 0.406. The highest BCUT2D eigenvalue weighted by Gasteiger charge is 2.55. The summed E-state index contributed by atoms with van der Waals surface area (Å²) in [4.78, 5) is 35.9. The number of hydrogen-bond acceptors (Lipinski definition) is 10. The Morgan fingerprint density at radius 3 is 2.58 bits per heavy atom. The number of fused-ring (bicyclic) bond motifs is 2. The molecule has 4 unspecified atom stereocenters. The summed E-state index contributed by atoms with van der Waals surface area (Å²) in [5.41, 5.74) is -0.233. The standard InChI is InChI=1S/C22H32N5O8P/c1-7-31-36(30,32-8-2)10-9-13-15-16(35-22(5,6)34-15)20(33-13)27-11-23-14-17(27)24-21(26-19(14)29)25-18(28)12(3)4/h9-13,15-16,20H,7-8H2,1-6H3,(H2,24,25,26,28,29)/b10-9+. The van der Waals surface area contributed by atoms with E-state index in [2.05, 4.69) is 20.3 Å². The molecule has 2 fully saturated rings. The van der Waals surface area contributed by atoms with E-state index in [0.29, 0.717) is 0 Å². The second-order valence-corrected chi connectivity index (χ2v) is 11.0. The van der Waals surface area contributed by atoms with E-state index in [1.165, 1.54) is 12.1 Å².